The van der Waals surface area contributed by atoms with Crippen LogP contribution in [0.1, 0.15) is 13.8 Å². The third-order valence-corrected chi connectivity index (χ3v) is 3.04. The number of carbonyl (C=O) groups excluding carboxylic acids is 2. The quantitative estimate of drug-likeness (QED) is 0.686. The van der Waals surface area contributed by atoms with Crippen molar-refractivity contribution in [2.75, 3.05) is 32.7 Å². The molecule has 2 aliphatic rings. The lowest BCUT2D eigenvalue weighted by Crippen LogP contribution is -2.53. The van der Waals surface area contributed by atoms with Crippen molar-refractivity contribution >= 4 is 12.0 Å². The molecule has 96 valence electrons. The molecule has 1 atom stereocenters. The molecule has 0 aromatic carbocycles. The molecule has 0 aromatic heterocycles. The largest absolute Gasteiger partial charge is 0.462 e. The van der Waals surface area contributed by atoms with Crippen LogP contribution in [0.5, 0.6) is 0 Å². The summed E-state index contributed by atoms with van der Waals surface area (Å²) in [6, 6.07) is 0.211. The second-order valence-electron chi connectivity index (χ2n) is 4.81. The van der Waals surface area contributed by atoms with Crippen LogP contribution < -0.4 is 5.32 Å². The predicted molar refractivity (Wildman–Crippen MR) is 61.6 cm³/mol. The van der Waals surface area contributed by atoms with E-state index in [0.29, 0.717) is 19.6 Å². The molecule has 2 aliphatic heterocycles. The highest BCUT2D eigenvalue weighted by Crippen LogP contribution is 2.13. The molecular weight excluding hydrogens is 222 g/mol. The van der Waals surface area contributed by atoms with Crippen molar-refractivity contribution in [1.29, 1.82) is 0 Å². The van der Waals surface area contributed by atoms with Gasteiger partial charge in [0.1, 0.15) is 0 Å². The summed E-state index contributed by atoms with van der Waals surface area (Å²) in [4.78, 5) is 26.8. The molecule has 6 nitrogen and oxygen atoms in total. The van der Waals surface area contributed by atoms with Crippen LogP contribution in [0, 0.1) is 0 Å². The summed E-state index contributed by atoms with van der Waals surface area (Å²) in [6.45, 7) is 6.84. The number of ether oxygens (including phenoxy) is 1. The van der Waals surface area contributed by atoms with Crippen molar-refractivity contribution in [3.05, 3.63) is 0 Å². The standard InChI is InChI=1S/C11H19N3O3/c1-8(2)17-10(15)7-13-3-4-14-9(6-13)5-12-11(14)16/h8-9H,3-7H2,1-2H3,(H,12,16). The molecule has 0 saturated carbocycles. The summed E-state index contributed by atoms with van der Waals surface area (Å²) in [7, 11) is 0. The Hall–Kier alpha value is -1.30. The molecular formula is C11H19N3O3. The molecule has 1 N–H and O–H groups in total. The lowest BCUT2D eigenvalue weighted by atomic mass is 10.2. The van der Waals surface area contributed by atoms with Crippen molar-refractivity contribution in [3.8, 4) is 0 Å². The number of esters is 1. The zero-order valence-electron chi connectivity index (χ0n) is 10.3. The summed E-state index contributed by atoms with van der Waals surface area (Å²) in [5, 5.41) is 2.81. The predicted octanol–water partition coefficient (Wildman–Crippen LogP) is -0.353. The number of nitrogens with one attached hydrogen (secondary N) is 1. The van der Waals surface area contributed by atoms with Gasteiger partial charge in [-0.1, -0.05) is 0 Å². The Labute approximate surface area is 101 Å². The third kappa shape index (κ3) is 2.88. The fraction of sp³-hybridized carbons (Fsp3) is 0.818. The number of nitrogens with zero attached hydrogens (tertiary/aromatic N) is 2. The summed E-state index contributed by atoms with van der Waals surface area (Å²) in [5.41, 5.74) is 0. The Morgan fingerprint density at radius 2 is 2.29 bits per heavy atom. The van der Waals surface area contributed by atoms with E-state index in [1.54, 1.807) is 0 Å². The SMILES string of the molecule is CC(C)OC(=O)CN1CCN2C(=O)NCC2C1. The molecule has 0 bridgehead atoms. The molecule has 1 unspecified atom stereocenters. The first-order valence-corrected chi connectivity index (χ1v) is 6.02. The van der Waals surface area contributed by atoms with Crippen molar-refractivity contribution < 1.29 is 14.3 Å². The first-order chi connectivity index (χ1) is 8.06. The minimum Gasteiger partial charge on any atom is -0.462 e. The Morgan fingerprint density at radius 1 is 1.53 bits per heavy atom. The summed E-state index contributed by atoms with van der Waals surface area (Å²) < 4.78 is 5.11. The molecule has 2 fully saturated rings. The summed E-state index contributed by atoms with van der Waals surface area (Å²) in [6.07, 6.45) is -0.0708. The second-order valence-corrected chi connectivity index (χ2v) is 4.81. The van der Waals surface area contributed by atoms with Gasteiger partial charge in [0.25, 0.3) is 0 Å². The maximum atomic E-state index is 11.5. The van der Waals surface area contributed by atoms with Gasteiger partial charge in [0, 0.05) is 26.2 Å². The van der Waals surface area contributed by atoms with Gasteiger partial charge in [-0.05, 0) is 13.8 Å². The number of hydrogen-bond donors (Lipinski definition) is 1. The maximum absolute atomic E-state index is 11.5. The number of urea groups is 1. The van der Waals surface area contributed by atoms with Gasteiger partial charge < -0.3 is 15.0 Å². The summed E-state index contributed by atoms with van der Waals surface area (Å²) in [5.74, 6) is -0.189. The van der Waals surface area contributed by atoms with E-state index in [-0.39, 0.29) is 24.1 Å². The third-order valence-electron chi connectivity index (χ3n) is 3.04. The Kier molecular flexibility index (Phi) is 3.51. The minimum absolute atomic E-state index is 0.0133. The zero-order chi connectivity index (χ0) is 12.4. The molecule has 0 spiro atoms. The fourth-order valence-electron chi connectivity index (χ4n) is 2.29. The number of piperazine rings is 1. The van der Waals surface area contributed by atoms with E-state index in [4.69, 9.17) is 4.74 Å². The maximum Gasteiger partial charge on any atom is 0.320 e. The van der Waals surface area contributed by atoms with Crippen molar-refractivity contribution in [1.82, 2.24) is 15.1 Å². The van der Waals surface area contributed by atoms with Crippen LogP contribution >= 0.6 is 0 Å². The minimum atomic E-state index is -0.189. The van der Waals surface area contributed by atoms with E-state index in [1.807, 2.05) is 23.6 Å². The van der Waals surface area contributed by atoms with E-state index in [0.717, 1.165) is 13.1 Å². The highest BCUT2D eigenvalue weighted by Gasteiger charge is 2.35. The van der Waals surface area contributed by atoms with Gasteiger partial charge in [0.05, 0.1) is 18.7 Å². The van der Waals surface area contributed by atoms with Gasteiger partial charge in [0.2, 0.25) is 0 Å². The van der Waals surface area contributed by atoms with Crippen LogP contribution in [0.15, 0.2) is 0 Å². The highest BCUT2D eigenvalue weighted by molar-refractivity contribution is 5.77. The van der Waals surface area contributed by atoms with Crippen LogP contribution in [0.3, 0.4) is 0 Å². The molecule has 2 amide bonds. The van der Waals surface area contributed by atoms with Crippen LogP contribution in [-0.4, -0.2) is 66.7 Å². The van der Waals surface area contributed by atoms with Crippen LogP contribution in [-0.2, 0) is 9.53 Å². The first-order valence-electron chi connectivity index (χ1n) is 6.02. The van der Waals surface area contributed by atoms with Crippen molar-refractivity contribution in [3.63, 3.8) is 0 Å². The topological polar surface area (TPSA) is 61.9 Å². The average Bonchev–Trinajstić information content (AvgIpc) is 2.58. The first kappa shape index (κ1) is 12.2. The lowest BCUT2D eigenvalue weighted by molar-refractivity contribution is -0.149. The van der Waals surface area contributed by atoms with Crippen molar-refractivity contribution in [2.24, 2.45) is 0 Å². The number of carbonyl (C=O) groups is 2. The average molecular weight is 241 g/mol. The van der Waals surface area contributed by atoms with E-state index < -0.39 is 0 Å². The number of rotatable bonds is 3. The van der Waals surface area contributed by atoms with Gasteiger partial charge >= 0.3 is 12.0 Å². The van der Waals surface area contributed by atoms with Gasteiger partial charge in [-0.25, -0.2) is 4.79 Å². The second kappa shape index (κ2) is 4.91. The molecule has 6 heteroatoms. The number of hydrogen-bond acceptors (Lipinski definition) is 4. The number of amides is 2. The number of fused-ring (bicyclic) bond motifs is 1. The molecule has 0 aliphatic carbocycles. The monoisotopic (exact) mass is 241 g/mol. The van der Waals surface area contributed by atoms with Gasteiger partial charge in [0.15, 0.2) is 0 Å². The van der Waals surface area contributed by atoms with Gasteiger partial charge in [-0.15, -0.1) is 0 Å². The Bertz CT molecular complexity index is 319. The molecule has 0 radical (unpaired) electrons. The van der Waals surface area contributed by atoms with Crippen LogP contribution in [0.25, 0.3) is 0 Å². The Morgan fingerprint density at radius 3 is 3.00 bits per heavy atom. The van der Waals surface area contributed by atoms with Crippen LogP contribution in [0.2, 0.25) is 0 Å². The van der Waals surface area contributed by atoms with E-state index in [1.165, 1.54) is 0 Å². The van der Waals surface area contributed by atoms with Crippen LogP contribution in [0.4, 0.5) is 4.79 Å². The molecule has 2 rings (SSSR count). The smallest absolute Gasteiger partial charge is 0.320 e. The lowest BCUT2D eigenvalue weighted by Gasteiger charge is -2.35. The molecule has 2 heterocycles. The fourth-order valence-corrected chi connectivity index (χ4v) is 2.29. The van der Waals surface area contributed by atoms with Gasteiger partial charge in [-0.3, -0.25) is 9.69 Å². The van der Waals surface area contributed by atoms with Gasteiger partial charge in [-0.2, -0.15) is 0 Å². The van der Waals surface area contributed by atoms with E-state index in [2.05, 4.69) is 5.32 Å². The summed E-state index contributed by atoms with van der Waals surface area (Å²) >= 11 is 0. The molecule has 17 heavy (non-hydrogen) atoms. The molecule has 0 aromatic rings. The van der Waals surface area contributed by atoms with E-state index in [9.17, 15) is 9.59 Å². The zero-order valence-corrected chi connectivity index (χ0v) is 10.3. The molecule has 2 saturated heterocycles. The highest BCUT2D eigenvalue weighted by atomic mass is 16.5. The van der Waals surface area contributed by atoms with Crippen molar-refractivity contribution in [2.45, 2.75) is 26.0 Å². The Balaban J connectivity index is 1.81. The normalized spacial score (nSPS) is 24.8. The van der Waals surface area contributed by atoms with E-state index >= 15 is 0 Å².